The third-order valence-corrected chi connectivity index (χ3v) is 7.30. The summed E-state index contributed by atoms with van der Waals surface area (Å²) in [6.07, 6.45) is -0.194. The number of carbonyl (C=O) groups excluding carboxylic acids is 2. The van der Waals surface area contributed by atoms with Crippen LogP contribution in [0.15, 0.2) is 47.6 Å². The number of carboxylic acid groups (broad SMARTS) is 1. The van der Waals surface area contributed by atoms with Crippen LogP contribution in [0.2, 0.25) is 0 Å². The maximum atomic E-state index is 12.9. The summed E-state index contributed by atoms with van der Waals surface area (Å²) in [7, 11) is 1.56. The largest absolute Gasteiger partial charge is 0.481 e. The number of amides is 2. The molecule has 3 heterocycles. The first-order valence-corrected chi connectivity index (χ1v) is 13.4. The Hall–Kier alpha value is -4.04. The second kappa shape index (κ2) is 13.7. The maximum Gasteiger partial charge on any atom is 0.416 e. The normalized spacial score (nSPS) is 20.1. The fraction of sp³-hybridized carbons (Fsp3) is 0.464. The second-order valence-electron chi connectivity index (χ2n) is 10.1. The number of benzene rings is 1. The number of hydrogen-bond acceptors (Lipinski definition) is 8. The van der Waals surface area contributed by atoms with E-state index in [9.17, 15) is 27.6 Å². The van der Waals surface area contributed by atoms with Gasteiger partial charge in [0, 0.05) is 56.0 Å². The number of aliphatic imine (C=N–C) groups is 1. The molecule has 2 aliphatic heterocycles. The number of ether oxygens (including phenoxy) is 2. The third kappa shape index (κ3) is 8.26. The van der Waals surface area contributed by atoms with Gasteiger partial charge in [0.2, 0.25) is 5.88 Å². The number of pyridine rings is 1. The van der Waals surface area contributed by atoms with Crippen molar-refractivity contribution in [1.82, 2.24) is 15.2 Å². The van der Waals surface area contributed by atoms with E-state index in [1.807, 2.05) is 12.1 Å². The number of aliphatic carboxylic acids is 1. The van der Waals surface area contributed by atoms with E-state index in [4.69, 9.17) is 14.6 Å². The first kappa shape index (κ1) is 30.9. The Bertz CT molecular complexity index is 1280. The third-order valence-electron chi connectivity index (χ3n) is 7.30. The predicted octanol–water partition coefficient (Wildman–Crippen LogP) is 2.51. The molecule has 4 rings (SSSR count). The number of anilines is 1. The quantitative estimate of drug-likeness (QED) is 0.400. The summed E-state index contributed by atoms with van der Waals surface area (Å²) in [6, 6.07) is 7.89. The number of carbonyl (C=O) groups is 3. The first-order chi connectivity index (χ1) is 20.0. The Kier molecular flexibility index (Phi) is 10.1. The minimum Gasteiger partial charge on any atom is -0.481 e. The van der Waals surface area contributed by atoms with Crippen LogP contribution in [0.1, 0.15) is 28.8 Å². The summed E-state index contributed by atoms with van der Waals surface area (Å²) in [5.41, 5.74) is -0.201. The van der Waals surface area contributed by atoms with E-state index in [1.165, 1.54) is 12.3 Å². The lowest BCUT2D eigenvalue weighted by Crippen LogP contribution is -2.44. The van der Waals surface area contributed by atoms with E-state index in [2.05, 4.69) is 25.1 Å². The second-order valence-corrected chi connectivity index (χ2v) is 10.1. The molecule has 1 aromatic carbocycles. The zero-order valence-corrected chi connectivity index (χ0v) is 22.9. The molecule has 42 heavy (non-hydrogen) atoms. The average molecular weight is 592 g/mol. The number of likely N-dealkylation sites (tertiary alicyclic amines) is 1. The van der Waals surface area contributed by atoms with Gasteiger partial charge in [0.05, 0.1) is 37.2 Å². The Balaban J connectivity index is 1.31. The average Bonchev–Trinajstić information content (AvgIpc) is 3.40. The molecule has 0 spiro atoms. The molecule has 2 aromatic rings. The van der Waals surface area contributed by atoms with Crippen LogP contribution in [0, 0.1) is 5.92 Å². The van der Waals surface area contributed by atoms with Crippen molar-refractivity contribution in [3.05, 3.63) is 53.7 Å². The molecule has 14 heteroatoms. The molecule has 2 atom stereocenters. The monoisotopic (exact) mass is 591 g/mol. The van der Waals surface area contributed by atoms with Gasteiger partial charge in [-0.2, -0.15) is 13.2 Å². The summed E-state index contributed by atoms with van der Waals surface area (Å²) in [6.45, 7) is 1.58. The number of nitrogens with one attached hydrogen (secondary N) is 1. The maximum absolute atomic E-state index is 12.9. The molecule has 0 radical (unpaired) electrons. The minimum absolute atomic E-state index is 0.226. The highest BCUT2D eigenvalue weighted by Crippen LogP contribution is 2.30. The standard InChI is InChI=1S/C28H32F3N5O6/c1-41-25-6-5-22(13-33-25)35-9-7-21(8-10-35)36-15-19(23(16-36)42-17-26(38)39)12-32-24(37)14-34-27(40)18-3-2-4-20(11-18)28(29,30)31/h2-6,11-13,19,21,23H,7-10,14-17H2,1H3,(H,34,40)(H,38,39)/t19?,23-/m0/s1. The van der Waals surface area contributed by atoms with Crippen LogP contribution in [-0.4, -0.2) is 97.6 Å². The zero-order chi connectivity index (χ0) is 30.3. The highest BCUT2D eigenvalue weighted by atomic mass is 19.4. The van der Waals surface area contributed by atoms with E-state index < -0.39 is 48.8 Å². The smallest absolute Gasteiger partial charge is 0.416 e. The van der Waals surface area contributed by atoms with E-state index in [0.717, 1.165) is 43.8 Å². The number of carboxylic acids is 1. The number of methoxy groups -OCH3 is 1. The van der Waals surface area contributed by atoms with Crippen molar-refractivity contribution in [2.45, 2.75) is 31.2 Å². The lowest BCUT2D eigenvalue weighted by Gasteiger charge is -2.37. The molecule has 2 saturated heterocycles. The molecule has 2 N–H and O–H groups in total. The Morgan fingerprint density at radius 3 is 2.57 bits per heavy atom. The van der Waals surface area contributed by atoms with Crippen molar-refractivity contribution in [2.75, 3.05) is 51.3 Å². The van der Waals surface area contributed by atoms with Gasteiger partial charge in [0.15, 0.2) is 0 Å². The van der Waals surface area contributed by atoms with Crippen LogP contribution in [0.4, 0.5) is 18.9 Å². The van der Waals surface area contributed by atoms with Crippen LogP contribution in [-0.2, 0) is 20.5 Å². The Labute approximate surface area is 240 Å². The Morgan fingerprint density at radius 1 is 1.17 bits per heavy atom. The summed E-state index contributed by atoms with van der Waals surface area (Å²) in [5.74, 6) is -2.47. The van der Waals surface area contributed by atoms with Gasteiger partial charge in [-0.3, -0.25) is 14.5 Å². The summed E-state index contributed by atoms with van der Waals surface area (Å²) >= 11 is 0. The van der Waals surface area contributed by atoms with E-state index in [0.29, 0.717) is 25.0 Å². The van der Waals surface area contributed by atoms with Gasteiger partial charge >= 0.3 is 12.1 Å². The van der Waals surface area contributed by atoms with Crippen molar-refractivity contribution < 1.29 is 42.1 Å². The Morgan fingerprint density at radius 2 is 1.93 bits per heavy atom. The van der Waals surface area contributed by atoms with Gasteiger partial charge in [-0.1, -0.05) is 6.07 Å². The van der Waals surface area contributed by atoms with Crippen molar-refractivity contribution in [1.29, 1.82) is 0 Å². The van der Waals surface area contributed by atoms with E-state index in [1.54, 1.807) is 13.3 Å². The zero-order valence-electron chi connectivity index (χ0n) is 22.9. The molecule has 11 nitrogen and oxygen atoms in total. The molecule has 226 valence electrons. The molecule has 1 unspecified atom stereocenters. The van der Waals surface area contributed by atoms with Crippen LogP contribution in [0.25, 0.3) is 0 Å². The SMILES string of the molecule is COc1ccc(N2CCC(N3CC(C=NC(=O)CNC(=O)c4cccc(C(F)(F)F)c4)[C@@H](OCC(=O)O)C3)CC2)cn1. The lowest BCUT2D eigenvalue weighted by atomic mass is 10.0. The number of piperidine rings is 1. The molecule has 2 amide bonds. The number of alkyl halides is 3. The van der Waals surface area contributed by atoms with Crippen molar-refractivity contribution >= 4 is 29.7 Å². The molecule has 0 bridgehead atoms. The van der Waals surface area contributed by atoms with Crippen LogP contribution < -0.4 is 15.0 Å². The highest BCUT2D eigenvalue weighted by Gasteiger charge is 2.37. The number of hydrogen-bond donors (Lipinski definition) is 2. The topological polar surface area (TPSA) is 134 Å². The fourth-order valence-corrected chi connectivity index (χ4v) is 5.11. The summed E-state index contributed by atoms with van der Waals surface area (Å²) in [5, 5.41) is 11.4. The fourth-order valence-electron chi connectivity index (χ4n) is 5.11. The number of nitrogens with zero attached hydrogens (tertiary/aromatic N) is 4. The van der Waals surface area contributed by atoms with Crippen LogP contribution >= 0.6 is 0 Å². The number of halogens is 3. The van der Waals surface area contributed by atoms with E-state index >= 15 is 0 Å². The van der Waals surface area contributed by atoms with Crippen molar-refractivity contribution in [2.24, 2.45) is 10.9 Å². The van der Waals surface area contributed by atoms with Gasteiger partial charge in [-0.15, -0.1) is 0 Å². The molecule has 0 saturated carbocycles. The summed E-state index contributed by atoms with van der Waals surface area (Å²) < 4.78 is 49.5. The predicted molar refractivity (Wildman–Crippen MR) is 146 cm³/mol. The number of aromatic nitrogens is 1. The van der Waals surface area contributed by atoms with Gasteiger partial charge in [-0.05, 0) is 37.1 Å². The first-order valence-electron chi connectivity index (χ1n) is 13.4. The van der Waals surface area contributed by atoms with Crippen molar-refractivity contribution in [3.8, 4) is 5.88 Å². The van der Waals surface area contributed by atoms with Gasteiger partial charge in [0.1, 0.15) is 6.61 Å². The van der Waals surface area contributed by atoms with Gasteiger partial charge in [0.25, 0.3) is 11.8 Å². The number of rotatable bonds is 10. The van der Waals surface area contributed by atoms with Crippen LogP contribution in [0.3, 0.4) is 0 Å². The molecular weight excluding hydrogens is 559 g/mol. The van der Waals surface area contributed by atoms with Crippen molar-refractivity contribution in [3.63, 3.8) is 0 Å². The van der Waals surface area contributed by atoms with Gasteiger partial charge in [-0.25, -0.2) is 14.8 Å². The summed E-state index contributed by atoms with van der Waals surface area (Å²) in [4.78, 5) is 48.4. The lowest BCUT2D eigenvalue weighted by molar-refractivity contribution is -0.144. The van der Waals surface area contributed by atoms with E-state index in [-0.39, 0.29) is 17.5 Å². The molecule has 2 fully saturated rings. The van der Waals surface area contributed by atoms with Crippen LogP contribution in [0.5, 0.6) is 5.88 Å². The molecule has 2 aliphatic rings. The molecular formula is C28H32F3N5O6. The molecule has 1 aromatic heterocycles. The van der Waals surface area contributed by atoms with Gasteiger partial charge < -0.3 is 24.8 Å². The molecule has 0 aliphatic carbocycles. The highest BCUT2D eigenvalue weighted by molar-refractivity contribution is 5.97. The minimum atomic E-state index is -4.60.